The first kappa shape index (κ1) is 9.80. The highest BCUT2D eigenvalue weighted by Crippen LogP contribution is 2.25. The Balaban J connectivity index is 2.05. The Morgan fingerprint density at radius 3 is 3.29 bits per heavy atom. The van der Waals surface area contributed by atoms with Crippen molar-refractivity contribution in [1.29, 1.82) is 0 Å². The Morgan fingerprint density at radius 2 is 2.64 bits per heavy atom. The molecular weight excluding hydrogens is 196 g/mol. The molecule has 1 aromatic heterocycles. The zero-order chi connectivity index (χ0) is 9.97. The van der Waals surface area contributed by atoms with Crippen LogP contribution in [0.25, 0.3) is 0 Å². The number of hydrogen-bond donors (Lipinski definition) is 1. The summed E-state index contributed by atoms with van der Waals surface area (Å²) in [6.07, 6.45) is 2.88. The molecule has 1 saturated heterocycles. The lowest BCUT2D eigenvalue weighted by Gasteiger charge is -2.04. The molecule has 14 heavy (non-hydrogen) atoms. The summed E-state index contributed by atoms with van der Waals surface area (Å²) < 4.78 is 0. The van der Waals surface area contributed by atoms with Gasteiger partial charge in [0.25, 0.3) is 0 Å². The van der Waals surface area contributed by atoms with Gasteiger partial charge in [0.15, 0.2) is 0 Å². The summed E-state index contributed by atoms with van der Waals surface area (Å²) in [5.74, 6) is 0.182. The van der Waals surface area contributed by atoms with Gasteiger partial charge in [0.05, 0.1) is 11.7 Å². The number of ketones is 1. The molecule has 1 atom stereocenters. The largest absolute Gasteiger partial charge is 0.308 e. The maximum Gasteiger partial charge on any atom is 0.135 e. The molecule has 2 rings (SSSR count). The smallest absolute Gasteiger partial charge is 0.135 e. The minimum atomic E-state index is 0.182. The van der Waals surface area contributed by atoms with Crippen molar-refractivity contribution in [1.82, 2.24) is 10.3 Å². The van der Waals surface area contributed by atoms with Crippen LogP contribution in [-0.2, 0) is 11.2 Å². The Bertz CT molecular complexity index is 329. The maximum atomic E-state index is 10.9. The number of Topliss-reactive ketones (excluding diaryl/α,β-unsaturated/α-hetero) is 1. The van der Waals surface area contributed by atoms with E-state index >= 15 is 0 Å². The number of thiazole rings is 1. The van der Waals surface area contributed by atoms with E-state index in [9.17, 15) is 4.79 Å². The number of carbonyl (C=O) groups excluding carboxylic acids is 1. The third-order valence-electron chi connectivity index (χ3n) is 2.36. The van der Waals surface area contributed by atoms with Gasteiger partial charge in [-0.25, -0.2) is 4.98 Å². The van der Waals surface area contributed by atoms with E-state index in [1.807, 2.05) is 5.38 Å². The second-order valence-corrected chi connectivity index (χ2v) is 4.59. The van der Waals surface area contributed by atoms with Gasteiger partial charge in [0.1, 0.15) is 10.8 Å². The summed E-state index contributed by atoms with van der Waals surface area (Å²) in [6, 6.07) is 0.431. The van der Waals surface area contributed by atoms with Crippen LogP contribution in [0.3, 0.4) is 0 Å². The molecule has 1 aromatic rings. The van der Waals surface area contributed by atoms with Crippen molar-refractivity contribution >= 4 is 17.1 Å². The van der Waals surface area contributed by atoms with E-state index in [2.05, 4.69) is 10.3 Å². The highest BCUT2D eigenvalue weighted by Gasteiger charge is 2.19. The number of nitrogens with zero attached hydrogens (tertiary/aromatic N) is 1. The number of hydrogen-bond acceptors (Lipinski definition) is 4. The molecule has 0 spiro atoms. The van der Waals surface area contributed by atoms with Crippen molar-refractivity contribution < 1.29 is 4.79 Å². The topological polar surface area (TPSA) is 42.0 Å². The van der Waals surface area contributed by atoms with Gasteiger partial charge in [-0.3, -0.25) is 4.79 Å². The molecule has 0 bridgehead atoms. The van der Waals surface area contributed by atoms with Gasteiger partial charge in [-0.15, -0.1) is 11.3 Å². The molecule has 0 amide bonds. The van der Waals surface area contributed by atoms with Gasteiger partial charge in [-0.2, -0.15) is 0 Å². The average molecular weight is 210 g/mol. The summed E-state index contributed by atoms with van der Waals surface area (Å²) in [7, 11) is 0. The first-order valence-corrected chi connectivity index (χ1v) is 5.81. The first-order chi connectivity index (χ1) is 6.75. The molecule has 2 heterocycles. The van der Waals surface area contributed by atoms with Crippen LogP contribution in [0.1, 0.15) is 36.5 Å². The zero-order valence-corrected chi connectivity index (χ0v) is 9.06. The fraction of sp³-hybridized carbons (Fsp3) is 0.600. The van der Waals surface area contributed by atoms with Crippen LogP contribution in [0.2, 0.25) is 0 Å². The van der Waals surface area contributed by atoms with Gasteiger partial charge < -0.3 is 5.32 Å². The van der Waals surface area contributed by atoms with Crippen LogP contribution >= 0.6 is 11.3 Å². The highest BCUT2D eigenvalue weighted by molar-refractivity contribution is 7.09. The summed E-state index contributed by atoms with van der Waals surface area (Å²) >= 11 is 1.66. The zero-order valence-electron chi connectivity index (χ0n) is 8.25. The Labute approximate surface area is 87.6 Å². The lowest BCUT2D eigenvalue weighted by molar-refractivity contribution is -0.116. The first-order valence-electron chi connectivity index (χ1n) is 4.93. The molecular formula is C10H14N2OS. The van der Waals surface area contributed by atoms with Gasteiger partial charge >= 0.3 is 0 Å². The van der Waals surface area contributed by atoms with E-state index in [4.69, 9.17) is 0 Å². The van der Waals surface area contributed by atoms with Crippen LogP contribution in [0.15, 0.2) is 5.38 Å². The van der Waals surface area contributed by atoms with Gasteiger partial charge in [0, 0.05) is 11.8 Å². The van der Waals surface area contributed by atoms with E-state index in [-0.39, 0.29) is 5.78 Å². The molecule has 1 aliphatic heterocycles. The fourth-order valence-corrected chi connectivity index (χ4v) is 2.64. The van der Waals surface area contributed by atoms with E-state index in [1.54, 1.807) is 18.3 Å². The molecule has 0 aromatic carbocycles. The van der Waals surface area contributed by atoms with Crippen molar-refractivity contribution in [3.63, 3.8) is 0 Å². The van der Waals surface area contributed by atoms with E-state index in [0.717, 1.165) is 17.2 Å². The van der Waals surface area contributed by atoms with E-state index < -0.39 is 0 Å². The van der Waals surface area contributed by atoms with Crippen molar-refractivity contribution in [3.05, 3.63) is 16.1 Å². The van der Waals surface area contributed by atoms with Crippen molar-refractivity contribution in [2.45, 2.75) is 32.2 Å². The number of nitrogens with one attached hydrogen (secondary N) is 1. The average Bonchev–Trinajstić information content (AvgIpc) is 2.69. The van der Waals surface area contributed by atoms with Crippen LogP contribution in [0.4, 0.5) is 0 Å². The van der Waals surface area contributed by atoms with E-state index in [0.29, 0.717) is 12.5 Å². The minimum absolute atomic E-state index is 0.182. The molecule has 4 heteroatoms. The Hall–Kier alpha value is -0.740. The molecule has 1 N–H and O–H groups in total. The van der Waals surface area contributed by atoms with Gasteiger partial charge in [0.2, 0.25) is 0 Å². The lowest BCUT2D eigenvalue weighted by Crippen LogP contribution is -2.12. The van der Waals surface area contributed by atoms with Crippen molar-refractivity contribution in [3.8, 4) is 0 Å². The lowest BCUT2D eigenvalue weighted by atomic mass is 10.2. The summed E-state index contributed by atoms with van der Waals surface area (Å²) in [6.45, 7) is 2.69. The minimum Gasteiger partial charge on any atom is -0.308 e. The predicted octanol–water partition coefficient (Wildman–Crippen LogP) is 1.70. The van der Waals surface area contributed by atoms with Crippen molar-refractivity contribution in [2.24, 2.45) is 0 Å². The monoisotopic (exact) mass is 210 g/mol. The molecule has 1 fully saturated rings. The molecule has 0 radical (unpaired) electrons. The predicted molar refractivity (Wildman–Crippen MR) is 56.5 cm³/mol. The molecule has 3 nitrogen and oxygen atoms in total. The van der Waals surface area contributed by atoms with Crippen LogP contribution in [0, 0.1) is 0 Å². The third-order valence-corrected chi connectivity index (χ3v) is 3.37. The SMILES string of the molecule is CC(=O)Cc1csc(C2CCCN2)n1. The molecule has 1 unspecified atom stereocenters. The second kappa shape index (κ2) is 4.19. The Morgan fingerprint density at radius 1 is 1.79 bits per heavy atom. The molecule has 76 valence electrons. The number of carbonyl (C=O) groups is 1. The molecule has 1 aliphatic rings. The maximum absolute atomic E-state index is 10.9. The highest BCUT2D eigenvalue weighted by atomic mass is 32.1. The van der Waals surface area contributed by atoms with Crippen LogP contribution in [0.5, 0.6) is 0 Å². The number of rotatable bonds is 3. The number of aromatic nitrogens is 1. The van der Waals surface area contributed by atoms with Crippen LogP contribution in [-0.4, -0.2) is 17.3 Å². The Kier molecular flexibility index (Phi) is 2.93. The van der Waals surface area contributed by atoms with E-state index in [1.165, 1.54) is 12.8 Å². The summed E-state index contributed by atoms with van der Waals surface area (Å²) in [5.41, 5.74) is 0.922. The summed E-state index contributed by atoms with van der Waals surface area (Å²) in [4.78, 5) is 15.4. The third kappa shape index (κ3) is 2.19. The normalized spacial score (nSPS) is 21.4. The van der Waals surface area contributed by atoms with Crippen molar-refractivity contribution in [2.75, 3.05) is 6.54 Å². The van der Waals surface area contributed by atoms with Crippen LogP contribution < -0.4 is 5.32 Å². The quantitative estimate of drug-likeness (QED) is 0.825. The summed E-state index contributed by atoms with van der Waals surface area (Å²) in [5, 5.41) is 6.54. The standard InChI is InChI=1S/C10H14N2OS/c1-7(13)5-8-6-14-10(12-8)9-3-2-4-11-9/h6,9,11H,2-5H2,1H3. The molecule has 0 aliphatic carbocycles. The van der Waals surface area contributed by atoms with Gasteiger partial charge in [-0.1, -0.05) is 0 Å². The molecule has 0 saturated carbocycles. The van der Waals surface area contributed by atoms with Gasteiger partial charge in [-0.05, 0) is 26.3 Å². The fourth-order valence-electron chi connectivity index (χ4n) is 1.71. The second-order valence-electron chi connectivity index (χ2n) is 3.70.